The van der Waals surface area contributed by atoms with Crippen molar-refractivity contribution >= 4 is 34.4 Å². The van der Waals surface area contributed by atoms with E-state index in [1.54, 1.807) is 24.4 Å². The van der Waals surface area contributed by atoms with E-state index in [2.05, 4.69) is 21.9 Å². The van der Waals surface area contributed by atoms with E-state index in [4.69, 9.17) is 0 Å². The summed E-state index contributed by atoms with van der Waals surface area (Å²) in [6.07, 6.45) is 3.22. The smallest absolute Gasteiger partial charge is 0.263 e. The number of pyridine rings is 1. The van der Waals surface area contributed by atoms with E-state index >= 15 is 0 Å². The first-order valence-electron chi connectivity index (χ1n) is 8.46. The Morgan fingerprint density at radius 2 is 2.15 bits per heavy atom. The lowest BCUT2D eigenvalue weighted by Gasteiger charge is -2.12. The molecule has 0 radical (unpaired) electrons. The molecule has 1 N–H and O–H groups in total. The molecule has 0 aliphatic carbocycles. The number of nitrogens with one attached hydrogen (secondary N) is 1. The Hall–Kier alpha value is -2.93. The van der Waals surface area contributed by atoms with Gasteiger partial charge in [0, 0.05) is 18.4 Å². The monoisotopic (exact) mass is 380 g/mol. The average molecular weight is 380 g/mol. The number of nitrogens with zero attached hydrogens (tertiary/aromatic N) is 3. The van der Waals surface area contributed by atoms with Gasteiger partial charge in [0.05, 0.1) is 11.1 Å². The molecule has 0 saturated heterocycles. The molecule has 2 aromatic heterocycles. The lowest BCUT2D eigenvalue weighted by Crippen LogP contribution is -2.24. The zero-order valence-corrected chi connectivity index (χ0v) is 16.0. The molecule has 0 aliphatic heterocycles. The van der Waals surface area contributed by atoms with Crippen LogP contribution in [0.15, 0.2) is 59.1 Å². The van der Waals surface area contributed by atoms with Crippen LogP contribution in [0.2, 0.25) is 0 Å². The van der Waals surface area contributed by atoms with Crippen LogP contribution in [0, 0.1) is 13.8 Å². The maximum atomic E-state index is 12.7. The number of hydrogen-bond acceptors (Lipinski definition) is 5. The molecule has 3 rings (SSSR count). The number of amides is 1. The summed E-state index contributed by atoms with van der Waals surface area (Å²) >= 11 is 1.20. The van der Waals surface area contributed by atoms with Crippen LogP contribution in [0.3, 0.4) is 0 Å². The zero-order valence-electron chi connectivity index (χ0n) is 15.2. The van der Waals surface area contributed by atoms with E-state index in [0.29, 0.717) is 22.7 Å². The molecule has 0 fully saturated rings. The predicted octanol–water partition coefficient (Wildman–Crippen LogP) is 3.33. The van der Waals surface area contributed by atoms with Gasteiger partial charge < -0.3 is 5.32 Å². The molecule has 0 bridgehead atoms. The van der Waals surface area contributed by atoms with Crippen molar-refractivity contribution in [1.29, 1.82) is 0 Å². The summed E-state index contributed by atoms with van der Waals surface area (Å²) in [4.78, 5) is 33.6. The minimum absolute atomic E-state index is 0.134. The third-order valence-electron chi connectivity index (χ3n) is 3.99. The van der Waals surface area contributed by atoms with Gasteiger partial charge in [-0.15, -0.1) is 6.58 Å². The lowest BCUT2D eigenvalue weighted by molar-refractivity contribution is -0.113. The fourth-order valence-corrected chi connectivity index (χ4v) is 3.50. The van der Waals surface area contributed by atoms with Crippen LogP contribution in [-0.4, -0.2) is 26.2 Å². The first-order valence-corrected chi connectivity index (χ1v) is 9.44. The SMILES string of the molecule is C=CCn1c(SCC(=O)Nc2ccc(C)cc2C)nc2ncccc2c1=O. The summed E-state index contributed by atoms with van der Waals surface area (Å²) in [5, 5.41) is 3.79. The van der Waals surface area contributed by atoms with Crippen molar-refractivity contribution in [1.82, 2.24) is 14.5 Å². The largest absolute Gasteiger partial charge is 0.325 e. The van der Waals surface area contributed by atoms with Crippen molar-refractivity contribution < 1.29 is 4.79 Å². The Kier molecular flexibility index (Phi) is 5.71. The van der Waals surface area contributed by atoms with Crippen molar-refractivity contribution in [2.24, 2.45) is 0 Å². The molecule has 7 heteroatoms. The number of anilines is 1. The van der Waals surface area contributed by atoms with Gasteiger partial charge in [-0.2, -0.15) is 0 Å². The molecule has 27 heavy (non-hydrogen) atoms. The van der Waals surface area contributed by atoms with Gasteiger partial charge in [-0.25, -0.2) is 9.97 Å². The van der Waals surface area contributed by atoms with Gasteiger partial charge in [0.15, 0.2) is 10.8 Å². The topological polar surface area (TPSA) is 76.9 Å². The van der Waals surface area contributed by atoms with E-state index in [0.717, 1.165) is 16.8 Å². The highest BCUT2D eigenvalue weighted by molar-refractivity contribution is 7.99. The van der Waals surface area contributed by atoms with Gasteiger partial charge in [0.2, 0.25) is 5.91 Å². The van der Waals surface area contributed by atoms with E-state index < -0.39 is 0 Å². The Labute approximate surface area is 161 Å². The molecule has 1 aromatic carbocycles. The Bertz CT molecular complexity index is 1080. The van der Waals surface area contributed by atoms with Crippen LogP contribution in [0.4, 0.5) is 5.69 Å². The number of rotatable bonds is 6. The molecule has 2 heterocycles. The van der Waals surface area contributed by atoms with E-state index in [1.165, 1.54) is 16.3 Å². The fraction of sp³-hybridized carbons (Fsp3) is 0.200. The molecule has 0 unspecified atom stereocenters. The Balaban J connectivity index is 1.81. The van der Waals surface area contributed by atoms with Gasteiger partial charge in [-0.05, 0) is 37.6 Å². The summed E-state index contributed by atoms with van der Waals surface area (Å²) in [5.41, 5.74) is 3.11. The minimum Gasteiger partial charge on any atom is -0.325 e. The summed E-state index contributed by atoms with van der Waals surface area (Å²) < 4.78 is 1.51. The second-order valence-corrected chi connectivity index (χ2v) is 7.07. The van der Waals surface area contributed by atoms with Crippen molar-refractivity contribution in [3.8, 4) is 0 Å². The van der Waals surface area contributed by atoms with Crippen LogP contribution < -0.4 is 10.9 Å². The third-order valence-corrected chi connectivity index (χ3v) is 4.97. The maximum absolute atomic E-state index is 12.7. The molecule has 0 spiro atoms. The number of hydrogen-bond donors (Lipinski definition) is 1. The number of carbonyl (C=O) groups is 1. The van der Waals surface area contributed by atoms with Gasteiger partial charge in [0.1, 0.15) is 0 Å². The van der Waals surface area contributed by atoms with Crippen molar-refractivity contribution in [2.75, 3.05) is 11.1 Å². The number of thioether (sulfide) groups is 1. The second-order valence-electron chi connectivity index (χ2n) is 6.13. The van der Waals surface area contributed by atoms with E-state index in [-0.39, 0.29) is 17.2 Å². The summed E-state index contributed by atoms with van der Waals surface area (Å²) in [7, 11) is 0. The number of aryl methyl sites for hydroxylation is 2. The molecule has 3 aromatic rings. The Morgan fingerprint density at radius 3 is 2.89 bits per heavy atom. The minimum atomic E-state index is -0.190. The van der Waals surface area contributed by atoms with Crippen LogP contribution in [0.5, 0.6) is 0 Å². The normalized spacial score (nSPS) is 10.7. The van der Waals surface area contributed by atoms with Crippen LogP contribution in [0.25, 0.3) is 11.0 Å². The number of benzene rings is 1. The standard InChI is InChI=1S/C20H20N4O2S/c1-4-10-24-19(26)15-6-5-9-21-18(15)23-20(24)27-12-17(25)22-16-8-7-13(2)11-14(16)3/h4-9,11H,1,10,12H2,2-3H3,(H,22,25). The predicted molar refractivity (Wildman–Crippen MR) is 109 cm³/mol. The lowest BCUT2D eigenvalue weighted by atomic mass is 10.1. The van der Waals surface area contributed by atoms with Crippen LogP contribution >= 0.6 is 11.8 Å². The van der Waals surface area contributed by atoms with E-state index in [1.807, 2.05) is 32.0 Å². The Morgan fingerprint density at radius 1 is 1.33 bits per heavy atom. The molecule has 0 saturated carbocycles. The quantitative estimate of drug-likeness (QED) is 0.403. The van der Waals surface area contributed by atoms with Gasteiger partial charge in [0.25, 0.3) is 5.56 Å². The first kappa shape index (κ1) is 18.8. The highest BCUT2D eigenvalue weighted by atomic mass is 32.2. The zero-order chi connectivity index (χ0) is 19.4. The number of aromatic nitrogens is 3. The first-order chi connectivity index (χ1) is 13.0. The molecular formula is C20H20N4O2S. The molecule has 0 atom stereocenters. The van der Waals surface area contributed by atoms with Crippen LogP contribution in [-0.2, 0) is 11.3 Å². The molecule has 138 valence electrons. The van der Waals surface area contributed by atoms with Crippen molar-refractivity contribution in [2.45, 2.75) is 25.5 Å². The molecule has 0 aliphatic rings. The van der Waals surface area contributed by atoms with E-state index in [9.17, 15) is 9.59 Å². The maximum Gasteiger partial charge on any atom is 0.263 e. The summed E-state index contributed by atoms with van der Waals surface area (Å²) in [5.74, 6) is -0.0256. The fourth-order valence-electron chi connectivity index (χ4n) is 2.71. The summed E-state index contributed by atoms with van der Waals surface area (Å²) in [6.45, 7) is 7.97. The number of allylic oxidation sites excluding steroid dienone is 1. The highest BCUT2D eigenvalue weighted by Crippen LogP contribution is 2.19. The number of carbonyl (C=O) groups excluding carboxylic acids is 1. The van der Waals surface area contributed by atoms with Crippen molar-refractivity contribution in [3.05, 3.63) is 70.7 Å². The molecule has 1 amide bonds. The summed E-state index contributed by atoms with van der Waals surface area (Å²) in [6, 6.07) is 9.25. The van der Waals surface area contributed by atoms with Gasteiger partial charge in [-0.3, -0.25) is 14.2 Å². The van der Waals surface area contributed by atoms with Crippen LogP contribution in [0.1, 0.15) is 11.1 Å². The second kappa shape index (κ2) is 8.18. The van der Waals surface area contributed by atoms with Crippen molar-refractivity contribution in [3.63, 3.8) is 0 Å². The molecule has 6 nitrogen and oxygen atoms in total. The number of fused-ring (bicyclic) bond motifs is 1. The average Bonchev–Trinajstić information content (AvgIpc) is 2.65. The van der Waals surface area contributed by atoms with Gasteiger partial charge in [-0.1, -0.05) is 35.5 Å². The molecular weight excluding hydrogens is 360 g/mol. The third kappa shape index (κ3) is 4.25. The van der Waals surface area contributed by atoms with Gasteiger partial charge >= 0.3 is 0 Å². The highest BCUT2D eigenvalue weighted by Gasteiger charge is 2.13.